The molecule has 2 aromatic carbocycles. The van der Waals surface area contributed by atoms with Gasteiger partial charge >= 0.3 is 22.3 Å². The summed E-state index contributed by atoms with van der Waals surface area (Å²) in [5, 5.41) is 19.5. The summed E-state index contributed by atoms with van der Waals surface area (Å²) >= 11 is 0. The number of fused-ring (bicyclic) bond motifs is 4. The number of esters is 2. The highest BCUT2D eigenvalue weighted by Gasteiger charge is 2.51. The third-order valence-corrected chi connectivity index (χ3v) is 10.3. The number of aliphatic hydroxyl groups excluding tert-OH is 2. The molecule has 0 amide bonds. The lowest BCUT2D eigenvalue weighted by atomic mass is 9.88. The molecule has 13 nitrogen and oxygen atoms in total. The first-order chi connectivity index (χ1) is 22.3. The van der Waals surface area contributed by atoms with Crippen LogP contribution in [0.3, 0.4) is 0 Å². The van der Waals surface area contributed by atoms with Crippen LogP contribution >= 0.6 is 0 Å². The zero-order chi connectivity index (χ0) is 34.2. The second-order valence-electron chi connectivity index (χ2n) is 13.2. The molecule has 4 aliphatic heterocycles. The Bertz CT molecular complexity index is 1330. The summed E-state index contributed by atoms with van der Waals surface area (Å²) in [7, 11) is -0.508. The van der Waals surface area contributed by atoms with Crippen molar-refractivity contribution in [3.63, 3.8) is 0 Å². The zero-order valence-corrected chi connectivity index (χ0v) is 28.4. The van der Waals surface area contributed by atoms with Gasteiger partial charge in [0.25, 0.3) is 0 Å². The Hall–Kier alpha value is -2.95. The molecule has 6 N–H and O–H groups in total. The van der Waals surface area contributed by atoms with Crippen LogP contribution in [0, 0.1) is 0 Å². The molecular weight excluding hydrogens is 644 g/mol. The molecule has 4 bridgehead atoms. The maximum Gasteiger partial charge on any atom is 0.394 e. The van der Waals surface area contributed by atoms with Crippen molar-refractivity contribution in [2.75, 3.05) is 27.3 Å². The number of rotatable bonds is 8. The monoisotopic (exact) mass is 694 g/mol. The third kappa shape index (κ3) is 10.5. The summed E-state index contributed by atoms with van der Waals surface area (Å²) in [6.07, 6.45) is 7.97. The minimum absolute atomic E-state index is 0. The lowest BCUT2D eigenvalue weighted by molar-refractivity contribution is -0.155. The van der Waals surface area contributed by atoms with Crippen molar-refractivity contribution >= 4 is 22.3 Å². The highest BCUT2D eigenvalue weighted by Crippen LogP contribution is 2.44. The van der Waals surface area contributed by atoms with Crippen molar-refractivity contribution in [3.05, 3.63) is 71.8 Å². The van der Waals surface area contributed by atoms with E-state index in [1.165, 1.54) is 0 Å². The summed E-state index contributed by atoms with van der Waals surface area (Å²) in [4.78, 5) is 28.8. The van der Waals surface area contributed by atoms with Crippen LogP contribution in [0.2, 0.25) is 0 Å². The summed E-state index contributed by atoms with van der Waals surface area (Å²) in [5.74, 6) is -0.327. The first-order valence-electron chi connectivity index (χ1n) is 16.1. The first-order valence-corrected chi connectivity index (χ1v) is 17.5. The molecule has 2 aromatic rings. The lowest BCUT2D eigenvalue weighted by Gasteiger charge is -2.44. The molecule has 14 heteroatoms. The fraction of sp³-hybridized carbons (Fsp3) is 0.588. The summed E-state index contributed by atoms with van der Waals surface area (Å²) < 4.78 is 42.9. The van der Waals surface area contributed by atoms with Crippen LogP contribution in [0.25, 0.3) is 0 Å². The van der Waals surface area contributed by atoms with Crippen LogP contribution in [0.1, 0.15) is 62.5 Å². The summed E-state index contributed by atoms with van der Waals surface area (Å²) in [6, 6.07) is 20.2. The van der Waals surface area contributed by atoms with Crippen molar-refractivity contribution in [1.82, 2.24) is 9.80 Å². The van der Waals surface area contributed by atoms with E-state index in [-0.39, 0.29) is 53.9 Å². The fourth-order valence-electron chi connectivity index (χ4n) is 7.72. The van der Waals surface area contributed by atoms with E-state index in [4.69, 9.17) is 27.0 Å². The summed E-state index contributed by atoms with van der Waals surface area (Å²) in [5.41, 5.74) is 1.60. The minimum Gasteiger partial charge on any atom is -0.462 e. The predicted octanol–water partition coefficient (Wildman–Crippen LogP) is 2.04. The van der Waals surface area contributed by atoms with E-state index in [2.05, 4.69) is 23.9 Å². The highest BCUT2D eigenvalue weighted by atomic mass is 32.3. The van der Waals surface area contributed by atoms with Gasteiger partial charge in [0.15, 0.2) is 0 Å². The molecule has 0 saturated carbocycles. The standard InChI is InChI=1S/2C17H23NO3.H2O4S.H2O/c2*1-18-14-7-8-17(18,12-19)11-15(10-14)21-16(20)9-13-5-3-2-4-6-13;1-5(2,3)4;/h2*2-6,14-15,19H,7-12H2,1H3;(H2,1,2,3,4);1H2. The highest BCUT2D eigenvalue weighted by molar-refractivity contribution is 7.79. The minimum atomic E-state index is -4.67. The van der Waals surface area contributed by atoms with Crippen LogP contribution in [-0.2, 0) is 42.3 Å². The van der Waals surface area contributed by atoms with Gasteiger partial charge in [-0.2, -0.15) is 8.42 Å². The lowest BCUT2D eigenvalue weighted by Crippen LogP contribution is -2.54. The normalized spacial score (nSPS) is 29.3. The van der Waals surface area contributed by atoms with Gasteiger partial charge < -0.3 is 25.2 Å². The Morgan fingerprint density at radius 1 is 0.729 bits per heavy atom. The number of likely N-dealkylation sites (N-methyl/N-ethyl adjacent to an activating group) is 2. The second kappa shape index (κ2) is 17.1. The molecule has 0 radical (unpaired) electrons. The van der Waals surface area contributed by atoms with Gasteiger partial charge in [-0.05, 0) is 50.9 Å². The van der Waals surface area contributed by atoms with Gasteiger partial charge in [-0.3, -0.25) is 28.5 Å². The number of aliphatic hydroxyl groups is 2. The maximum absolute atomic E-state index is 12.1. The SMILES string of the molecule is CN1C2CCC1(CO)CC(OC(=O)Cc1ccccc1)C2.CN1C2CCC1(CO)CC(OC(=O)Cc1ccccc1)C2.O.O=S(=O)(O)O. The number of carbonyl (C=O) groups excluding carboxylic acids is 2. The van der Waals surface area contributed by atoms with Crippen LogP contribution in [-0.4, -0.2) is 118 Å². The summed E-state index contributed by atoms with van der Waals surface area (Å²) in [6.45, 7) is 0.291. The molecule has 4 heterocycles. The molecular formula is C34H50N2O11S. The maximum atomic E-state index is 12.1. The van der Waals surface area contributed by atoms with E-state index in [0.29, 0.717) is 24.9 Å². The number of hydrogen-bond acceptors (Lipinski definition) is 10. The van der Waals surface area contributed by atoms with Crippen molar-refractivity contribution < 1.29 is 52.3 Å². The van der Waals surface area contributed by atoms with Crippen LogP contribution in [0.4, 0.5) is 0 Å². The van der Waals surface area contributed by atoms with Crippen molar-refractivity contribution in [2.45, 2.75) is 99.6 Å². The molecule has 6 atom stereocenters. The van der Waals surface area contributed by atoms with Gasteiger partial charge in [-0.25, -0.2) is 0 Å². The Labute approximate surface area is 282 Å². The Morgan fingerprint density at radius 3 is 1.38 bits per heavy atom. The van der Waals surface area contributed by atoms with E-state index < -0.39 is 10.4 Å². The number of hydrogen-bond donors (Lipinski definition) is 4. The Morgan fingerprint density at radius 2 is 1.06 bits per heavy atom. The Kier molecular flexibility index (Phi) is 14.1. The third-order valence-electron chi connectivity index (χ3n) is 10.3. The van der Waals surface area contributed by atoms with Crippen molar-refractivity contribution in [2.24, 2.45) is 0 Å². The quantitative estimate of drug-likeness (QED) is 0.232. The number of ether oxygens (including phenoxy) is 2. The van der Waals surface area contributed by atoms with Gasteiger partial charge in [0.05, 0.1) is 26.1 Å². The topological polar surface area (TPSA) is 206 Å². The smallest absolute Gasteiger partial charge is 0.394 e. The average molecular weight is 695 g/mol. The molecule has 4 aliphatic rings. The van der Waals surface area contributed by atoms with Gasteiger partial charge in [0, 0.05) is 48.8 Å². The molecule has 6 unspecified atom stereocenters. The van der Waals surface area contributed by atoms with E-state index in [1.54, 1.807) is 0 Å². The van der Waals surface area contributed by atoms with Crippen LogP contribution in [0.15, 0.2) is 60.7 Å². The number of piperidine rings is 2. The first kappa shape index (κ1) is 39.5. The average Bonchev–Trinajstić information content (AvgIpc) is 3.30. The fourth-order valence-corrected chi connectivity index (χ4v) is 7.72. The van der Waals surface area contributed by atoms with Gasteiger partial charge in [0.1, 0.15) is 12.2 Å². The number of benzene rings is 2. The van der Waals surface area contributed by atoms with Gasteiger partial charge in [-0.15, -0.1) is 0 Å². The van der Waals surface area contributed by atoms with Crippen molar-refractivity contribution in [3.8, 4) is 0 Å². The molecule has 0 aliphatic carbocycles. The molecule has 4 saturated heterocycles. The van der Waals surface area contributed by atoms with E-state index in [1.807, 2.05) is 60.7 Å². The molecule has 0 spiro atoms. The molecule has 48 heavy (non-hydrogen) atoms. The largest absolute Gasteiger partial charge is 0.462 e. The van der Waals surface area contributed by atoms with Crippen LogP contribution < -0.4 is 0 Å². The van der Waals surface area contributed by atoms with E-state index in [0.717, 1.165) is 62.5 Å². The van der Waals surface area contributed by atoms with Crippen LogP contribution in [0.5, 0.6) is 0 Å². The van der Waals surface area contributed by atoms with E-state index in [9.17, 15) is 19.8 Å². The number of carbonyl (C=O) groups is 2. The molecule has 268 valence electrons. The number of nitrogens with zero attached hydrogens (tertiary/aromatic N) is 2. The zero-order valence-electron chi connectivity index (χ0n) is 27.6. The Balaban J connectivity index is 0.000000225. The van der Waals surface area contributed by atoms with Gasteiger partial charge in [0.2, 0.25) is 0 Å². The molecule has 0 aromatic heterocycles. The molecule has 6 rings (SSSR count). The van der Waals surface area contributed by atoms with Gasteiger partial charge in [-0.1, -0.05) is 60.7 Å². The molecule has 4 fully saturated rings. The van der Waals surface area contributed by atoms with Crippen molar-refractivity contribution in [1.29, 1.82) is 0 Å². The van der Waals surface area contributed by atoms with E-state index >= 15 is 0 Å². The second-order valence-corrected chi connectivity index (χ2v) is 14.1. The predicted molar refractivity (Wildman–Crippen MR) is 178 cm³/mol.